The van der Waals surface area contributed by atoms with E-state index >= 15 is 0 Å². The Hall–Kier alpha value is -1.85. The molecule has 148 valence electrons. The smallest absolute Gasteiger partial charge is 0.193 e. The molecule has 0 aliphatic heterocycles. The maximum atomic E-state index is 11.0. The van der Waals surface area contributed by atoms with E-state index in [0.717, 1.165) is 11.4 Å². The van der Waals surface area contributed by atoms with Crippen LogP contribution in [-0.4, -0.2) is 46.1 Å². The van der Waals surface area contributed by atoms with Crippen LogP contribution in [0.1, 0.15) is 0 Å². The highest BCUT2D eigenvalue weighted by molar-refractivity contribution is 14.0. The highest BCUT2D eigenvalue weighted by Gasteiger charge is 2.02. The summed E-state index contributed by atoms with van der Waals surface area (Å²) in [4.78, 5) is 4.14. The Morgan fingerprint density at radius 2 is 1.78 bits per heavy atom. The zero-order valence-electron chi connectivity index (χ0n) is 15.0. The molecular formula is C18H24IN3O4S. The second-order valence-electron chi connectivity index (χ2n) is 5.58. The highest BCUT2D eigenvalue weighted by atomic mass is 127. The number of aliphatic imine (C=N–C) groups is 1. The average molecular weight is 505 g/mol. The first-order chi connectivity index (χ1) is 12.4. The Morgan fingerprint density at radius 1 is 1.07 bits per heavy atom. The number of hydrogen-bond donors (Lipinski definition) is 2. The van der Waals surface area contributed by atoms with Gasteiger partial charge in [0, 0.05) is 18.0 Å². The van der Waals surface area contributed by atoms with Gasteiger partial charge < -0.3 is 20.5 Å². The SMILES string of the molecule is CS(=O)(=O)CCOCCN=C(N)Nc1cccc(Oc2ccccc2)c1.I. The number of anilines is 1. The molecule has 0 saturated heterocycles. The Balaban J connectivity index is 0.00000364. The zero-order valence-corrected chi connectivity index (χ0v) is 18.1. The van der Waals surface area contributed by atoms with Crippen LogP contribution in [0.4, 0.5) is 5.69 Å². The molecular weight excluding hydrogens is 481 g/mol. The fourth-order valence-electron chi connectivity index (χ4n) is 1.99. The van der Waals surface area contributed by atoms with Crippen LogP contribution in [0.15, 0.2) is 59.6 Å². The molecule has 0 saturated carbocycles. The topological polar surface area (TPSA) is 103 Å². The van der Waals surface area contributed by atoms with Crippen molar-refractivity contribution in [2.75, 3.05) is 37.1 Å². The van der Waals surface area contributed by atoms with Crippen LogP contribution < -0.4 is 15.8 Å². The number of hydrogen-bond acceptors (Lipinski definition) is 5. The molecule has 2 rings (SSSR count). The average Bonchev–Trinajstić information content (AvgIpc) is 2.58. The molecule has 9 heteroatoms. The molecule has 0 bridgehead atoms. The lowest BCUT2D eigenvalue weighted by Crippen LogP contribution is -2.23. The van der Waals surface area contributed by atoms with E-state index in [9.17, 15) is 8.42 Å². The monoisotopic (exact) mass is 505 g/mol. The minimum absolute atomic E-state index is 0. The van der Waals surface area contributed by atoms with Gasteiger partial charge in [0.2, 0.25) is 0 Å². The summed E-state index contributed by atoms with van der Waals surface area (Å²) >= 11 is 0. The molecule has 2 aromatic rings. The quantitative estimate of drug-likeness (QED) is 0.235. The molecule has 0 heterocycles. The van der Waals surface area contributed by atoms with Crippen molar-refractivity contribution in [3.05, 3.63) is 54.6 Å². The van der Waals surface area contributed by atoms with Crippen molar-refractivity contribution in [2.45, 2.75) is 0 Å². The van der Waals surface area contributed by atoms with E-state index in [1.807, 2.05) is 54.6 Å². The Bertz CT molecular complexity index is 830. The number of nitrogens with zero attached hydrogens (tertiary/aromatic N) is 1. The summed E-state index contributed by atoms with van der Waals surface area (Å²) in [6.45, 7) is 0.790. The number of rotatable bonds is 9. The maximum absolute atomic E-state index is 11.0. The first-order valence-electron chi connectivity index (χ1n) is 8.08. The van der Waals surface area contributed by atoms with Gasteiger partial charge in [0.15, 0.2) is 5.96 Å². The molecule has 0 fully saturated rings. The van der Waals surface area contributed by atoms with E-state index in [2.05, 4.69) is 10.3 Å². The largest absolute Gasteiger partial charge is 0.457 e. The van der Waals surface area contributed by atoms with Crippen LogP contribution in [0.3, 0.4) is 0 Å². The molecule has 0 spiro atoms. The summed E-state index contributed by atoms with van der Waals surface area (Å²) < 4.78 is 32.9. The van der Waals surface area contributed by atoms with Crippen molar-refractivity contribution in [2.24, 2.45) is 10.7 Å². The summed E-state index contributed by atoms with van der Waals surface area (Å²) in [6, 6.07) is 16.8. The molecule has 0 aliphatic rings. The number of nitrogens with two attached hydrogens (primary N) is 1. The van der Waals surface area contributed by atoms with Gasteiger partial charge in [-0.2, -0.15) is 0 Å². The summed E-state index contributed by atoms with van der Waals surface area (Å²) in [5, 5.41) is 2.98. The third kappa shape index (κ3) is 10.2. The highest BCUT2D eigenvalue weighted by Crippen LogP contribution is 2.23. The number of guanidine groups is 1. The zero-order chi connectivity index (χ0) is 18.8. The summed E-state index contributed by atoms with van der Waals surface area (Å²) in [7, 11) is -3.00. The number of para-hydroxylation sites is 1. The van der Waals surface area contributed by atoms with E-state index in [4.69, 9.17) is 15.2 Å². The van der Waals surface area contributed by atoms with Crippen molar-refractivity contribution in [3.63, 3.8) is 0 Å². The molecule has 7 nitrogen and oxygen atoms in total. The lowest BCUT2D eigenvalue weighted by molar-refractivity contribution is 0.157. The second kappa shape index (κ2) is 11.8. The minimum atomic E-state index is -3.00. The molecule has 0 aromatic heterocycles. The molecule has 0 amide bonds. The van der Waals surface area contributed by atoms with Gasteiger partial charge in [0.05, 0.1) is 25.5 Å². The summed E-state index contributed by atoms with van der Waals surface area (Å²) in [6.07, 6.45) is 1.17. The van der Waals surface area contributed by atoms with Gasteiger partial charge in [-0.25, -0.2) is 8.42 Å². The predicted molar refractivity (Wildman–Crippen MR) is 119 cm³/mol. The van der Waals surface area contributed by atoms with Gasteiger partial charge >= 0.3 is 0 Å². The minimum Gasteiger partial charge on any atom is -0.457 e. The Kier molecular flexibility index (Phi) is 10.1. The first kappa shape index (κ1) is 23.2. The fraction of sp³-hybridized carbons (Fsp3) is 0.278. The van der Waals surface area contributed by atoms with Crippen LogP contribution in [0.2, 0.25) is 0 Å². The van der Waals surface area contributed by atoms with Gasteiger partial charge in [-0.15, -0.1) is 24.0 Å². The Labute approximate surface area is 176 Å². The molecule has 0 unspecified atom stereocenters. The van der Waals surface area contributed by atoms with E-state index in [1.165, 1.54) is 6.26 Å². The fourth-order valence-corrected chi connectivity index (χ4v) is 2.41. The van der Waals surface area contributed by atoms with Gasteiger partial charge in [-0.1, -0.05) is 24.3 Å². The number of benzene rings is 2. The van der Waals surface area contributed by atoms with Crippen molar-refractivity contribution >= 4 is 45.5 Å². The van der Waals surface area contributed by atoms with Crippen LogP contribution in [0, 0.1) is 0 Å². The van der Waals surface area contributed by atoms with Crippen molar-refractivity contribution in [1.29, 1.82) is 0 Å². The third-order valence-electron chi connectivity index (χ3n) is 3.20. The first-order valence-corrected chi connectivity index (χ1v) is 10.1. The molecule has 27 heavy (non-hydrogen) atoms. The standard InChI is InChI=1S/C18H23N3O4S.HI/c1-26(22,23)13-12-24-11-10-20-18(19)21-15-6-5-9-17(14-15)25-16-7-3-2-4-8-16;/h2-9,14H,10-13H2,1H3,(H3,19,20,21);1H. The van der Waals surface area contributed by atoms with Crippen molar-refractivity contribution in [3.8, 4) is 11.5 Å². The van der Waals surface area contributed by atoms with Gasteiger partial charge in [0.25, 0.3) is 0 Å². The number of halogens is 1. The van der Waals surface area contributed by atoms with E-state index in [-0.39, 0.29) is 42.3 Å². The maximum Gasteiger partial charge on any atom is 0.193 e. The van der Waals surface area contributed by atoms with Crippen LogP contribution in [0.25, 0.3) is 0 Å². The summed E-state index contributed by atoms with van der Waals surface area (Å²) in [5.41, 5.74) is 6.59. The lowest BCUT2D eigenvalue weighted by atomic mass is 10.3. The third-order valence-corrected chi connectivity index (χ3v) is 4.11. The van der Waals surface area contributed by atoms with Gasteiger partial charge in [-0.05, 0) is 24.3 Å². The van der Waals surface area contributed by atoms with E-state index in [1.54, 1.807) is 0 Å². The normalized spacial score (nSPS) is 11.5. The Morgan fingerprint density at radius 3 is 2.48 bits per heavy atom. The summed E-state index contributed by atoms with van der Waals surface area (Å²) in [5.74, 6) is 1.67. The lowest BCUT2D eigenvalue weighted by Gasteiger charge is -2.09. The molecule has 2 aromatic carbocycles. The molecule has 0 aliphatic carbocycles. The predicted octanol–water partition coefficient (Wildman–Crippen LogP) is 2.88. The number of nitrogens with one attached hydrogen (secondary N) is 1. The second-order valence-corrected chi connectivity index (χ2v) is 7.84. The van der Waals surface area contributed by atoms with Crippen LogP contribution >= 0.6 is 24.0 Å². The van der Waals surface area contributed by atoms with Crippen molar-refractivity contribution in [1.82, 2.24) is 0 Å². The molecule has 0 radical (unpaired) electrons. The molecule has 3 N–H and O–H groups in total. The van der Waals surface area contributed by atoms with E-state index in [0.29, 0.717) is 18.9 Å². The van der Waals surface area contributed by atoms with Crippen LogP contribution in [-0.2, 0) is 14.6 Å². The van der Waals surface area contributed by atoms with Gasteiger partial charge in [0.1, 0.15) is 21.3 Å². The van der Waals surface area contributed by atoms with Gasteiger partial charge in [-0.3, -0.25) is 4.99 Å². The van der Waals surface area contributed by atoms with E-state index < -0.39 is 9.84 Å². The molecule has 0 atom stereocenters. The number of ether oxygens (including phenoxy) is 2. The number of sulfone groups is 1. The van der Waals surface area contributed by atoms with Crippen LogP contribution in [0.5, 0.6) is 11.5 Å². The van der Waals surface area contributed by atoms with Crippen molar-refractivity contribution < 1.29 is 17.9 Å².